The number of rotatable bonds is 3. The second kappa shape index (κ2) is 6.28. The summed E-state index contributed by atoms with van der Waals surface area (Å²) in [5.74, 6) is 0.274. The lowest BCUT2D eigenvalue weighted by atomic mass is 10.3. The molecule has 8 heteroatoms. The summed E-state index contributed by atoms with van der Waals surface area (Å²) in [5, 5.41) is 0.472. The molecule has 2 rings (SSSR count). The minimum absolute atomic E-state index is 0.207. The fourth-order valence-corrected chi connectivity index (χ4v) is 4.11. The highest BCUT2D eigenvalue weighted by molar-refractivity contribution is 9.10. The minimum atomic E-state index is -3.54. The van der Waals surface area contributed by atoms with E-state index in [4.69, 9.17) is 27.9 Å². The monoisotopic (exact) mass is 387 g/mol. The first-order valence-electron chi connectivity index (χ1n) is 5.58. The van der Waals surface area contributed by atoms with Crippen LogP contribution in [0.1, 0.15) is 0 Å². The van der Waals surface area contributed by atoms with E-state index in [1.165, 1.54) is 16.4 Å². The zero-order chi connectivity index (χ0) is 14.0. The largest absolute Gasteiger partial charge is 0.374 e. The molecular formula is C11H12BrCl2NO3S. The zero-order valence-electron chi connectivity index (χ0n) is 9.85. The van der Waals surface area contributed by atoms with Crippen LogP contribution in [0, 0.1) is 0 Å². The van der Waals surface area contributed by atoms with Gasteiger partial charge in [-0.05, 0) is 34.1 Å². The number of hydrogen-bond acceptors (Lipinski definition) is 3. The fraction of sp³-hybridized carbons (Fsp3) is 0.455. The molecule has 19 heavy (non-hydrogen) atoms. The van der Waals surface area contributed by atoms with E-state index in [0.29, 0.717) is 22.6 Å². The first-order valence-corrected chi connectivity index (χ1v) is 8.72. The van der Waals surface area contributed by atoms with Gasteiger partial charge in [0.1, 0.15) is 0 Å². The van der Waals surface area contributed by atoms with Gasteiger partial charge in [0, 0.05) is 23.4 Å². The molecule has 0 bridgehead atoms. The molecule has 1 atom stereocenters. The zero-order valence-corrected chi connectivity index (χ0v) is 13.8. The van der Waals surface area contributed by atoms with Gasteiger partial charge in [-0.2, -0.15) is 4.31 Å². The van der Waals surface area contributed by atoms with Crippen molar-refractivity contribution in [1.29, 1.82) is 0 Å². The summed E-state index contributed by atoms with van der Waals surface area (Å²) < 4.78 is 32.3. The summed E-state index contributed by atoms with van der Waals surface area (Å²) in [5.41, 5.74) is 0. The third kappa shape index (κ3) is 3.43. The van der Waals surface area contributed by atoms with Gasteiger partial charge in [-0.15, -0.1) is 11.6 Å². The van der Waals surface area contributed by atoms with Crippen LogP contribution in [0.5, 0.6) is 0 Å². The van der Waals surface area contributed by atoms with Crippen LogP contribution in [0.15, 0.2) is 27.6 Å². The Balaban J connectivity index is 2.28. The van der Waals surface area contributed by atoms with Crippen molar-refractivity contribution < 1.29 is 13.2 Å². The lowest BCUT2D eigenvalue weighted by Gasteiger charge is -2.31. The number of ether oxygens (including phenoxy) is 1. The highest BCUT2D eigenvalue weighted by Crippen LogP contribution is 2.27. The second-order valence-electron chi connectivity index (χ2n) is 4.09. The van der Waals surface area contributed by atoms with E-state index < -0.39 is 10.0 Å². The van der Waals surface area contributed by atoms with Crippen LogP contribution in [-0.2, 0) is 14.8 Å². The maximum absolute atomic E-state index is 12.5. The third-order valence-electron chi connectivity index (χ3n) is 2.80. The van der Waals surface area contributed by atoms with E-state index >= 15 is 0 Å². The maximum atomic E-state index is 12.5. The molecule has 1 aliphatic heterocycles. The second-order valence-corrected chi connectivity index (χ2v) is 7.59. The standard InChI is InChI=1S/C11H12BrCl2NO3S/c12-10-5-9(1-2-11(10)14)19(16,17)15-3-4-18-8(6-13)7-15/h1-2,5,8H,3-4,6-7H2. The predicted molar refractivity (Wildman–Crippen MR) is 78.4 cm³/mol. The summed E-state index contributed by atoms with van der Waals surface area (Å²) >= 11 is 14.8. The molecular weight excluding hydrogens is 377 g/mol. The Morgan fingerprint density at radius 1 is 1.47 bits per heavy atom. The molecule has 0 N–H and O–H groups in total. The molecule has 0 aromatic heterocycles. The van der Waals surface area contributed by atoms with Gasteiger partial charge in [0.2, 0.25) is 10.0 Å². The smallest absolute Gasteiger partial charge is 0.243 e. The molecule has 106 valence electrons. The van der Waals surface area contributed by atoms with Crippen LogP contribution in [0.3, 0.4) is 0 Å². The third-order valence-corrected chi connectivity index (χ3v) is 6.22. The molecule has 0 aliphatic carbocycles. The minimum Gasteiger partial charge on any atom is -0.374 e. The summed E-state index contributed by atoms with van der Waals surface area (Å²) in [6.45, 7) is 0.952. The molecule has 1 heterocycles. The average Bonchev–Trinajstić information content (AvgIpc) is 2.41. The maximum Gasteiger partial charge on any atom is 0.243 e. The molecule has 0 spiro atoms. The molecule has 1 aromatic rings. The number of benzene rings is 1. The van der Waals surface area contributed by atoms with Gasteiger partial charge in [0.25, 0.3) is 0 Å². The lowest BCUT2D eigenvalue weighted by Crippen LogP contribution is -2.46. The molecule has 1 aromatic carbocycles. The molecule has 0 saturated carbocycles. The van der Waals surface area contributed by atoms with Crippen LogP contribution in [0.4, 0.5) is 0 Å². The van der Waals surface area contributed by atoms with Crippen molar-refractivity contribution in [3.05, 3.63) is 27.7 Å². The van der Waals surface area contributed by atoms with Gasteiger partial charge < -0.3 is 4.74 Å². The highest BCUT2D eigenvalue weighted by atomic mass is 79.9. The van der Waals surface area contributed by atoms with E-state index in [0.717, 1.165) is 0 Å². The molecule has 4 nitrogen and oxygen atoms in total. The van der Waals surface area contributed by atoms with Gasteiger partial charge in [0.15, 0.2) is 0 Å². The van der Waals surface area contributed by atoms with Crippen molar-refractivity contribution in [2.75, 3.05) is 25.6 Å². The van der Waals surface area contributed by atoms with Crippen molar-refractivity contribution in [3.63, 3.8) is 0 Å². The molecule has 1 fully saturated rings. The fourth-order valence-electron chi connectivity index (χ4n) is 1.79. The van der Waals surface area contributed by atoms with Crippen molar-refractivity contribution in [2.24, 2.45) is 0 Å². The SMILES string of the molecule is O=S(=O)(c1ccc(Cl)c(Br)c1)N1CCOC(CCl)C1. The topological polar surface area (TPSA) is 46.6 Å². The molecule has 1 unspecified atom stereocenters. The van der Waals surface area contributed by atoms with Crippen LogP contribution in [0.25, 0.3) is 0 Å². The Labute approximate surface area is 130 Å². The highest BCUT2D eigenvalue weighted by Gasteiger charge is 2.30. The van der Waals surface area contributed by atoms with Crippen LogP contribution < -0.4 is 0 Å². The Morgan fingerprint density at radius 2 is 2.21 bits per heavy atom. The first-order chi connectivity index (χ1) is 8.95. The number of hydrogen-bond donors (Lipinski definition) is 0. The summed E-state index contributed by atoms with van der Waals surface area (Å²) in [7, 11) is -3.54. The number of alkyl halides is 1. The van der Waals surface area contributed by atoms with Crippen molar-refractivity contribution in [2.45, 2.75) is 11.0 Å². The van der Waals surface area contributed by atoms with Crippen molar-refractivity contribution in [1.82, 2.24) is 4.31 Å². The number of morpholine rings is 1. The molecule has 1 aliphatic rings. The van der Waals surface area contributed by atoms with Gasteiger partial charge in [-0.3, -0.25) is 0 Å². The Morgan fingerprint density at radius 3 is 2.84 bits per heavy atom. The van der Waals surface area contributed by atoms with E-state index in [-0.39, 0.29) is 23.4 Å². The average molecular weight is 389 g/mol. The van der Waals surface area contributed by atoms with E-state index in [2.05, 4.69) is 15.9 Å². The van der Waals surface area contributed by atoms with Gasteiger partial charge in [-0.25, -0.2) is 8.42 Å². The van der Waals surface area contributed by atoms with Crippen molar-refractivity contribution >= 4 is 49.2 Å². The summed E-state index contributed by atoms with van der Waals surface area (Å²) in [6.07, 6.45) is -0.263. The van der Waals surface area contributed by atoms with Crippen LogP contribution in [-0.4, -0.2) is 44.4 Å². The normalized spacial score (nSPS) is 21.5. The molecule has 1 saturated heterocycles. The van der Waals surface area contributed by atoms with Gasteiger partial charge in [-0.1, -0.05) is 11.6 Å². The Bertz CT molecular complexity index is 567. The number of sulfonamides is 1. The number of nitrogens with zero attached hydrogens (tertiary/aromatic N) is 1. The predicted octanol–water partition coefficient (Wildman–Crippen LogP) is 2.73. The molecule has 0 radical (unpaired) electrons. The van der Waals surface area contributed by atoms with E-state index in [1.807, 2.05) is 0 Å². The lowest BCUT2D eigenvalue weighted by molar-refractivity contribution is 0.0122. The van der Waals surface area contributed by atoms with Crippen LogP contribution in [0.2, 0.25) is 5.02 Å². The quantitative estimate of drug-likeness (QED) is 0.748. The van der Waals surface area contributed by atoms with Crippen LogP contribution >= 0.6 is 39.1 Å². The summed E-state index contributed by atoms with van der Waals surface area (Å²) in [6, 6.07) is 4.55. The summed E-state index contributed by atoms with van der Waals surface area (Å²) in [4.78, 5) is 0.207. The first kappa shape index (κ1) is 15.5. The molecule has 0 amide bonds. The Hall–Kier alpha value is 0.150. The Kier molecular flexibility index (Phi) is 5.14. The van der Waals surface area contributed by atoms with Gasteiger partial charge >= 0.3 is 0 Å². The number of halogens is 3. The van der Waals surface area contributed by atoms with E-state index in [1.54, 1.807) is 6.07 Å². The van der Waals surface area contributed by atoms with E-state index in [9.17, 15) is 8.42 Å². The van der Waals surface area contributed by atoms with Gasteiger partial charge in [0.05, 0.1) is 22.6 Å². The van der Waals surface area contributed by atoms with Crippen molar-refractivity contribution in [3.8, 4) is 0 Å².